The van der Waals surface area contributed by atoms with E-state index in [1.807, 2.05) is 5.48 Å². The van der Waals surface area contributed by atoms with Crippen LogP contribution in [-0.2, 0) is 14.1 Å². The second-order valence-electron chi connectivity index (χ2n) is 5.00. The van der Waals surface area contributed by atoms with Gasteiger partial charge in [0.15, 0.2) is 0 Å². The van der Waals surface area contributed by atoms with Gasteiger partial charge in [-0.2, -0.15) is 5.09 Å². The van der Waals surface area contributed by atoms with Crippen molar-refractivity contribution < 1.29 is 28.4 Å². The summed E-state index contributed by atoms with van der Waals surface area (Å²) < 4.78 is 28.7. The van der Waals surface area contributed by atoms with E-state index in [-0.39, 0.29) is 5.75 Å². The summed E-state index contributed by atoms with van der Waals surface area (Å²) in [5, 5.41) is 11.4. The summed E-state index contributed by atoms with van der Waals surface area (Å²) >= 11 is 0. The van der Waals surface area contributed by atoms with Crippen LogP contribution in [0.2, 0.25) is 0 Å². The van der Waals surface area contributed by atoms with Crippen LogP contribution in [0.25, 0.3) is 0 Å². The number of para-hydroxylation sites is 1. The van der Waals surface area contributed by atoms with Gasteiger partial charge < -0.3 is 13.8 Å². The Morgan fingerprint density at radius 1 is 1.04 bits per heavy atom. The van der Waals surface area contributed by atoms with Crippen molar-refractivity contribution in [1.29, 1.82) is 0 Å². The zero-order chi connectivity index (χ0) is 18.3. The van der Waals surface area contributed by atoms with Crippen LogP contribution in [0.5, 0.6) is 11.5 Å². The summed E-state index contributed by atoms with van der Waals surface area (Å²) in [5.74, 6) is -0.0767. The van der Waals surface area contributed by atoms with Gasteiger partial charge in [0.1, 0.15) is 17.5 Å². The smallest absolute Gasteiger partial charge is 0.468 e. The SMILES string of the molecule is COC(=O)[C@H](C)N[P@@](=O)(Oc1ccccc1)Oc1ccc(NO)cc1. The van der Waals surface area contributed by atoms with Crippen LogP contribution in [0.15, 0.2) is 54.6 Å². The highest BCUT2D eigenvalue weighted by atomic mass is 31.2. The van der Waals surface area contributed by atoms with E-state index in [1.165, 1.54) is 38.3 Å². The van der Waals surface area contributed by atoms with Gasteiger partial charge in [0.25, 0.3) is 0 Å². The van der Waals surface area contributed by atoms with E-state index in [0.717, 1.165) is 0 Å². The lowest BCUT2D eigenvalue weighted by Crippen LogP contribution is -2.35. The molecule has 0 saturated carbocycles. The minimum absolute atomic E-state index is 0.225. The number of ether oxygens (including phenoxy) is 1. The number of benzene rings is 2. The van der Waals surface area contributed by atoms with Gasteiger partial charge in [0.05, 0.1) is 12.8 Å². The van der Waals surface area contributed by atoms with Crippen molar-refractivity contribution in [3.8, 4) is 11.5 Å². The summed E-state index contributed by atoms with van der Waals surface area (Å²) in [6, 6.07) is 13.5. The minimum atomic E-state index is -3.94. The minimum Gasteiger partial charge on any atom is -0.468 e. The number of methoxy groups -OCH3 is 1. The van der Waals surface area contributed by atoms with Gasteiger partial charge in [0.2, 0.25) is 0 Å². The quantitative estimate of drug-likeness (QED) is 0.372. The predicted molar refractivity (Wildman–Crippen MR) is 91.8 cm³/mol. The van der Waals surface area contributed by atoms with Crippen LogP contribution in [0, 0.1) is 0 Å². The molecule has 0 aromatic heterocycles. The molecule has 0 bridgehead atoms. The Bertz CT molecular complexity index is 738. The maximum atomic E-state index is 13.1. The first-order valence-corrected chi connectivity index (χ1v) is 8.90. The average Bonchev–Trinajstić information content (AvgIpc) is 2.62. The third-order valence-electron chi connectivity index (χ3n) is 3.08. The predicted octanol–water partition coefficient (Wildman–Crippen LogP) is 3.20. The molecule has 2 atom stereocenters. The van der Waals surface area contributed by atoms with Gasteiger partial charge >= 0.3 is 13.7 Å². The molecule has 25 heavy (non-hydrogen) atoms. The molecule has 3 N–H and O–H groups in total. The van der Waals surface area contributed by atoms with Crippen molar-refractivity contribution in [3.63, 3.8) is 0 Å². The average molecular weight is 366 g/mol. The molecule has 0 aliphatic carbocycles. The molecule has 0 fully saturated rings. The van der Waals surface area contributed by atoms with E-state index < -0.39 is 19.8 Å². The molecule has 2 aromatic carbocycles. The van der Waals surface area contributed by atoms with Crippen LogP contribution in [0.1, 0.15) is 6.92 Å². The maximum Gasteiger partial charge on any atom is 0.513 e. The molecule has 0 spiro atoms. The monoisotopic (exact) mass is 366 g/mol. The van der Waals surface area contributed by atoms with E-state index in [1.54, 1.807) is 30.3 Å². The van der Waals surface area contributed by atoms with E-state index in [0.29, 0.717) is 11.4 Å². The summed E-state index contributed by atoms with van der Waals surface area (Å²) in [4.78, 5) is 11.6. The van der Waals surface area contributed by atoms with Crippen molar-refractivity contribution in [2.75, 3.05) is 12.6 Å². The van der Waals surface area contributed by atoms with Gasteiger partial charge in [-0.3, -0.25) is 15.5 Å². The van der Waals surface area contributed by atoms with E-state index in [4.69, 9.17) is 14.3 Å². The fourth-order valence-electron chi connectivity index (χ4n) is 1.89. The van der Waals surface area contributed by atoms with Crippen molar-refractivity contribution in [2.45, 2.75) is 13.0 Å². The van der Waals surface area contributed by atoms with Crippen molar-refractivity contribution in [1.82, 2.24) is 5.09 Å². The number of esters is 1. The number of rotatable bonds is 8. The molecule has 9 heteroatoms. The van der Waals surface area contributed by atoms with Gasteiger partial charge in [0, 0.05) is 0 Å². The maximum absolute atomic E-state index is 13.1. The highest BCUT2D eigenvalue weighted by Crippen LogP contribution is 2.45. The molecule has 0 saturated heterocycles. The number of carbonyl (C=O) groups is 1. The van der Waals surface area contributed by atoms with E-state index in [2.05, 4.69) is 9.82 Å². The number of anilines is 1. The van der Waals surface area contributed by atoms with Crippen molar-refractivity contribution >= 4 is 19.4 Å². The number of nitrogens with one attached hydrogen (secondary N) is 2. The number of carbonyl (C=O) groups excluding carboxylic acids is 1. The molecular weight excluding hydrogens is 347 g/mol. The van der Waals surface area contributed by atoms with Gasteiger partial charge in [-0.1, -0.05) is 18.2 Å². The topological polar surface area (TPSA) is 106 Å². The van der Waals surface area contributed by atoms with E-state index >= 15 is 0 Å². The van der Waals surface area contributed by atoms with Crippen LogP contribution in [0.3, 0.4) is 0 Å². The first-order valence-electron chi connectivity index (χ1n) is 7.36. The summed E-state index contributed by atoms with van der Waals surface area (Å²) in [6.07, 6.45) is 0. The number of hydrogen-bond donors (Lipinski definition) is 3. The molecule has 0 heterocycles. The lowest BCUT2D eigenvalue weighted by Gasteiger charge is -2.22. The van der Waals surface area contributed by atoms with Gasteiger partial charge in [-0.05, 0) is 43.3 Å². The molecule has 0 aliphatic rings. The Morgan fingerprint density at radius 3 is 2.12 bits per heavy atom. The van der Waals surface area contributed by atoms with E-state index in [9.17, 15) is 9.36 Å². The third-order valence-corrected chi connectivity index (χ3v) is 4.69. The van der Waals surface area contributed by atoms with Gasteiger partial charge in [-0.15, -0.1) is 0 Å². The standard InChI is InChI=1S/C16H19N2O6P/c1-12(16(19)22-2)18-25(21,23-14-6-4-3-5-7-14)24-15-10-8-13(17-20)9-11-15/h3-12,17,20H,1-2H3,(H,18,21)/t12-,25+/m0/s1. The Balaban J connectivity index is 2.23. The molecule has 2 rings (SSSR count). The fourth-order valence-corrected chi connectivity index (χ4v) is 3.41. The molecule has 8 nitrogen and oxygen atoms in total. The molecular formula is C16H19N2O6P. The molecule has 134 valence electrons. The fraction of sp³-hybridized carbons (Fsp3) is 0.188. The molecule has 0 aliphatic heterocycles. The molecule has 0 radical (unpaired) electrons. The Morgan fingerprint density at radius 2 is 1.60 bits per heavy atom. The van der Waals surface area contributed by atoms with Crippen LogP contribution in [-0.4, -0.2) is 24.3 Å². The highest BCUT2D eigenvalue weighted by Gasteiger charge is 2.33. The first kappa shape index (κ1) is 18.8. The Kier molecular flexibility index (Phi) is 6.41. The van der Waals surface area contributed by atoms with Crippen LogP contribution < -0.4 is 19.6 Å². The molecule has 2 aromatic rings. The van der Waals surface area contributed by atoms with Crippen molar-refractivity contribution in [2.24, 2.45) is 0 Å². The lowest BCUT2D eigenvalue weighted by molar-refractivity contribution is -0.142. The largest absolute Gasteiger partial charge is 0.513 e. The molecule has 0 amide bonds. The lowest BCUT2D eigenvalue weighted by atomic mass is 10.3. The summed E-state index contributed by atoms with van der Waals surface area (Å²) in [5.41, 5.74) is 2.41. The van der Waals surface area contributed by atoms with Crippen molar-refractivity contribution in [3.05, 3.63) is 54.6 Å². The molecule has 0 unspecified atom stereocenters. The summed E-state index contributed by atoms with van der Waals surface area (Å²) in [7, 11) is -2.72. The zero-order valence-electron chi connectivity index (χ0n) is 13.7. The number of hydrogen-bond acceptors (Lipinski definition) is 7. The second kappa shape index (κ2) is 8.53. The summed E-state index contributed by atoms with van der Waals surface area (Å²) in [6.45, 7) is 1.48. The first-order chi connectivity index (χ1) is 12.0. The Hall–Kier alpha value is -2.54. The zero-order valence-corrected chi connectivity index (χ0v) is 14.6. The highest BCUT2D eigenvalue weighted by molar-refractivity contribution is 7.52. The Labute approximate surface area is 145 Å². The van der Waals surface area contributed by atoms with Gasteiger partial charge in [-0.25, -0.2) is 4.57 Å². The van der Waals surface area contributed by atoms with Crippen LogP contribution in [0.4, 0.5) is 5.69 Å². The third kappa shape index (κ3) is 5.49. The second-order valence-corrected chi connectivity index (χ2v) is 6.62. The van der Waals surface area contributed by atoms with Crippen LogP contribution >= 0.6 is 7.75 Å². The normalized spacial score (nSPS) is 14.0.